The summed E-state index contributed by atoms with van der Waals surface area (Å²) in [5.41, 5.74) is 1.99. The van der Waals surface area contributed by atoms with Gasteiger partial charge in [-0.25, -0.2) is 8.42 Å². The zero-order valence-corrected chi connectivity index (χ0v) is 15.8. The number of hydrogen-bond donors (Lipinski definition) is 2. The van der Waals surface area contributed by atoms with Crippen molar-refractivity contribution in [3.63, 3.8) is 0 Å². The predicted octanol–water partition coefficient (Wildman–Crippen LogP) is 3.47. The number of thioether (sulfide) groups is 1. The van der Waals surface area contributed by atoms with E-state index in [4.69, 9.17) is 0 Å². The van der Waals surface area contributed by atoms with Crippen LogP contribution in [0.1, 0.15) is 32.8 Å². The van der Waals surface area contributed by atoms with Gasteiger partial charge in [0.05, 0.1) is 17.2 Å². The number of aryl methyl sites for hydroxylation is 1. The summed E-state index contributed by atoms with van der Waals surface area (Å²) in [5, 5.41) is 2.84. The maximum atomic E-state index is 11.9. The van der Waals surface area contributed by atoms with Crippen LogP contribution in [0.5, 0.6) is 0 Å². The van der Waals surface area contributed by atoms with Gasteiger partial charge in [0, 0.05) is 5.69 Å². The number of rotatable bonds is 9. The summed E-state index contributed by atoms with van der Waals surface area (Å²) in [6.45, 7) is 7.72. The number of benzene rings is 1. The maximum Gasteiger partial charge on any atom is 0.234 e. The normalized spacial score (nSPS) is 11.5. The van der Waals surface area contributed by atoms with E-state index in [9.17, 15) is 13.2 Å². The fourth-order valence-electron chi connectivity index (χ4n) is 1.78. The molecule has 2 N–H and O–H groups in total. The monoisotopic (exact) mass is 358 g/mol. The maximum absolute atomic E-state index is 11.9. The molecule has 0 saturated carbocycles. The number of hydrogen-bond acceptors (Lipinski definition) is 4. The molecule has 1 amide bonds. The van der Waals surface area contributed by atoms with Crippen molar-refractivity contribution in [1.29, 1.82) is 0 Å². The Morgan fingerprint density at radius 2 is 2.00 bits per heavy atom. The van der Waals surface area contributed by atoms with E-state index in [1.165, 1.54) is 0 Å². The first-order valence-corrected chi connectivity index (χ1v) is 10.5. The fourth-order valence-corrected chi connectivity index (χ4v) is 3.53. The van der Waals surface area contributed by atoms with Crippen LogP contribution in [0.3, 0.4) is 0 Å². The summed E-state index contributed by atoms with van der Waals surface area (Å²) in [6, 6.07) is 5.14. The molecule has 1 aromatic rings. The molecular weight excluding hydrogens is 332 g/mol. The Balaban J connectivity index is 2.56. The molecule has 0 aromatic heterocycles. The summed E-state index contributed by atoms with van der Waals surface area (Å²) in [6.07, 6.45) is 1.10. The van der Waals surface area contributed by atoms with Crippen molar-refractivity contribution >= 4 is 39.1 Å². The lowest BCUT2D eigenvalue weighted by Gasteiger charge is -2.12. The molecule has 0 fully saturated rings. The molecule has 0 radical (unpaired) electrons. The minimum absolute atomic E-state index is 0.0263. The van der Waals surface area contributed by atoms with Crippen LogP contribution in [0, 0.1) is 12.8 Å². The predicted molar refractivity (Wildman–Crippen MR) is 99.7 cm³/mol. The van der Waals surface area contributed by atoms with E-state index in [0.717, 1.165) is 17.7 Å². The quantitative estimate of drug-likeness (QED) is 0.663. The smallest absolute Gasteiger partial charge is 0.234 e. The van der Waals surface area contributed by atoms with Crippen molar-refractivity contribution in [2.45, 2.75) is 34.1 Å². The first-order chi connectivity index (χ1) is 10.7. The Morgan fingerprint density at radius 1 is 1.30 bits per heavy atom. The van der Waals surface area contributed by atoms with Crippen LogP contribution in [0.4, 0.5) is 11.4 Å². The van der Waals surface area contributed by atoms with Gasteiger partial charge in [-0.15, -0.1) is 0 Å². The first-order valence-electron chi connectivity index (χ1n) is 7.72. The first kappa shape index (κ1) is 19.8. The minimum Gasteiger partial charge on any atom is -0.325 e. The highest BCUT2D eigenvalue weighted by Crippen LogP contribution is 2.21. The van der Waals surface area contributed by atoms with Gasteiger partial charge < -0.3 is 5.32 Å². The molecule has 0 atom stereocenters. The Morgan fingerprint density at radius 3 is 2.57 bits per heavy atom. The third-order valence-corrected chi connectivity index (χ3v) is 5.51. The molecule has 0 aliphatic rings. The van der Waals surface area contributed by atoms with Gasteiger partial charge in [0.1, 0.15) is 0 Å². The van der Waals surface area contributed by atoms with Crippen molar-refractivity contribution in [2.75, 3.05) is 27.3 Å². The van der Waals surface area contributed by atoms with E-state index < -0.39 is 10.0 Å². The van der Waals surface area contributed by atoms with E-state index in [1.807, 2.05) is 0 Å². The van der Waals surface area contributed by atoms with Crippen LogP contribution >= 0.6 is 11.8 Å². The zero-order valence-electron chi connectivity index (χ0n) is 14.2. The molecule has 130 valence electrons. The summed E-state index contributed by atoms with van der Waals surface area (Å²) >= 11 is 1.62. The molecule has 0 aliphatic heterocycles. The zero-order chi connectivity index (χ0) is 17.5. The van der Waals surface area contributed by atoms with Crippen LogP contribution in [-0.2, 0) is 14.8 Å². The number of anilines is 2. The number of sulfonamides is 1. The lowest BCUT2D eigenvalue weighted by atomic mass is 10.2. The van der Waals surface area contributed by atoms with Crippen LogP contribution in [0.2, 0.25) is 0 Å². The summed E-state index contributed by atoms with van der Waals surface area (Å²) < 4.78 is 25.7. The second kappa shape index (κ2) is 9.17. The van der Waals surface area contributed by atoms with Gasteiger partial charge in [-0.05, 0) is 55.7 Å². The lowest BCUT2D eigenvalue weighted by molar-refractivity contribution is -0.113. The average Bonchev–Trinajstić information content (AvgIpc) is 2.46. The Hall–Kier alpha value is -1.21. The molecule has 0 spiro atoms. The molecule has 0 heterocycles. The standard InChI is InChI=1S/C16H26N2O3S2/c1-5-23(20,21)18-15-7-6-14(10-13(15)4)17-16(19)11-22-9-8-12(2)3/h6-7,10,12,18H,5,8-9,11H2,1-4H3,(H,17,19). The van der Waals surface area contributed by atoms with Gasteiger partial charge >= 0.3 is 0 Å². The highest BCUT2D eigenvalue weighted by molar-refractivity contribution is 7.99. The highest BCUT2D eigenvalue weighted by Gasteiger charge is 2.10. The topological polar surface area (TPSA) is 75.3 Å². The number of nitrogens with one attached hydrogen (secondary N) is 2. The van der Waals surface area contributed by atoms with Gasteiger partial charge in [0.25, 0.3) is 0 Å². The van der Waals surface area contributed by atoms with Crippen LogP contribution in [-0.4, -0.2) is 31.6 Å². The summed E-state index contributed by atoms with van der Waals surface area (Å²) in [4.78, 5) is 11.9. The molecule has 0 saturated heterocycles. The third-order valence-electron chi connectivity index (χ3n) is 3.23. The summed E-state index contributed by atoms with van der Waals surface area (Å²) in [7, 11) is -3.29. The van der Waals surface area contributed by atoms with Crippen molar-refractivity contribution in [3.05, 3.63) is 23.8 Å². The molecular formula is C16H26N2O3S2. The van der Waals surface area contributed by atoms with Crippen molar-refractivity contribution in [1.82, 2.24) is 0 Å². The minimum atomic E-state index is -3.29. The molecule has 0 unspecified atom stereocenters. The summed E-state index contributed by atoms with van der Waals surface area (Å²) in [5.74, 6) is 2.03. The highest BCUT2D eigenvalue weighted by atomic mass is 32.2. The molecule has 23 heavy (non-hydrogen) atoms. The van der Waals surface area contributed by atoms with Crippen molar-refractivity contribution in [2.24, 2.45) is 5.92 Å². The van der Waals surface area contributed by atoms with Gasteiger partial charge in [0.2, 0.25) is 15.9 Å². The molecule has 1 aromatic carbocycles. The average molecular weight is 359 g/mol. The Bertz CT molecular complexity index is 628. The SMILES string of the molecule is CCS(=O)(=O)Nc1ccc(NC(=O)CSCCC(C)C)cc1C. The molecule has 1 rings (SSSR count). The second-order valence-corrected chi connectivity index (χ2v) is 8.93. The fraction of sp³-hybridized carbons (Fsp3) is 0.562. The number of carbonyl (C=O) groups excluding carboxylic acids is 1. The van der Waals surface area contributed by atoms with E-state index in [0.29, 0.717) is 23.0 Å². The number of carbonyl (C=O) groups is 1. The Kier molecular flexibility index (Phi) is 7.91. The van der Waals surface area contributed by atoms with Crippen LogP contribution in [0.15, 0.2) is 18.2 Å². The van der Waals surface area contributed by atoms with Crippen LogP contribution in [0.25, 0.3) is 0 Å². The lowest BCUT2D eigenvalue weighted by Crippen LogP contribution is -2.16. The second-order valence-electron chi connectivity index (χ2n) is 5.82. The van der Waals surface area contributed by atoms with Gasteiger partial charge in [-0.3, -0.25) is 9.52 Å². The van der Waals surface area contributed by atoms with Gasteiger partial charge in [-0.2, -0.15) is 11.8 Å². The largest absolute Gasteiger partial charge is 0.325 e. The van der Waals surface area contributed by atoms with Gasteiger partial charge in [-0.1, -0.05) is 13.8 Å². The Labute approximate surface area is 143 Å². The molecule has 0 aliphatic carbocycles. The van der Waals surface area contributed by atoms with Crippen molar-refractivity contribution in [3.8, 4) is 0 Å². The van der Waals surface area contributed by atoms with Gasteiger partial charge in [0.15, 0.2) is 0 Å². The van der Waals surface area contributed by atoms with E-state index >= 15 is 0 Å². The third kappa shape index (κ3) is 7.74. The van der Waals surface area contributed by atoms with E-state index in [2.05, 4.69) is 23.9 Å². The van der Waals surface area contributed by atoms with E-state index in [-0.39, 0.29) is 11.7 Å². The van der Waals surface area contributed by atoms with E-state index in [1.54, 1.807) is 43.8 Å². The van der Waals surface area contributed by atoms with Crippen LogP contribution < -0.4 is 10.0 Å². The number of amides is 1. The molecule has 5 nitrogen and oxygen atoms in total. The molecule has 7 heteroatoms. The molecule has 0 bridgehead atoms. The van der Waals surface area contributed by atoms with Crippen molar-refractivity contribution < 1.29 is 13.2 Å².